The molecule has 21 heavy (non-hydrogen) atoms. The molecule has 0 aliphatic carbocycles. The van der Waals surface area contributed by atoms with E-state index in [9.17, 15) is 14.9 Å². The summed E-state index contributed by atoms with van der Waals surface area (Å²) in [5, 5.41) is 25.5. The van der Waals surface area contributed by atoms with Crippen LogP contribution in [-0.2, 0) is 4.79 Å². The lowest BCUT2D eigenvalue weighted by Crippen LogP contribution is -2.39. The molecule has 1 rings (SSSR count). The lowest BCUT2D eigenvalue weighted by Gasteiger charge is -2.16. The predicted octanol–water partition coefficient (Wildman–Crippen LogP) is 2.04. The van der Waals surface area contributed by atoms with Gasteiger partial charge in [0, 0.05) is 6.54 Å². The molecule has 2 N–H and O–H groups in total. The maximum atomic E-state index is 11.9. The highest BCUT2D eigenvalue weighted by Crippen LogP contribution is 2.28. The summed E-state index contributed by atoms with van der Waals surface area (Å²) in [6.07, 6.45) is 0. The predicted molar refractivity (Wildman–Crippen MR) is 78.7 cm³/mol. The van der Waals surface area contributed by atoms with Crippen LogP contribution < -0.4 is 10.6 Å². The number of amides is 1. The van der Waals surface area contributed by atoms with Gasteiger partial charge >= 0.3 is 5.69 Å². The average Bonchev–Trinajstić information content (AvgIpc) is 2.43. The van der Waals surface area contributed by atoms with E-state index in [-0.39, 0.29) is 22.8 Å². The number of nitro groups is 1. The Hall–Kier alpha value is -2.62. The fraction of sp³-hybridized carbons (Fsp3) is 0.429. The number of nitrogens with zero attached hydrogens (tertiary/aromatic N) is 2. The Morgan fingerprint density at radius 1 is 1.43 bits per heavy atom. The first-order chi connectivity index (χ1) is 9.86. The third kappa shape index (κ3) is 4.45. The highest BCUT2D eigenvalue weighted by Gasteiger charge is 2.22. The van der Waals surface area contributed by atoms with Crippen molar-refractivity contribution in [2.75, 3.05) is 11.9 Å². The molecule has 0 spiro atoms. The average molecular weight is 290 g/mol. The number of nitro benzene ring substituents is 1. The zero-order chi connectivity index (χ0) is 16.0. The van der Waals surface area contributed by atoms with Crippen LogP contribution in [0.25, 0.3) is 0 Å². The number of benzene rings is 1. The molecule has 0 radical (unpaired) electrons. The van der Waals surface area contributed by atoms with Crippen molar-refractivity contribution >= 4 is 17.3 Å². The van der Waals surface area contributed by atoms with E-state index in [2.05, 4.69) is 10.6 Å². The summed E-state index contributed by atoms with van der Waals surface area (Å²) in [7, 11) is 0. The molecule has 0 saturated carbocycles. The van der Waals surface area contributed by atoms with Crippen molar-refractivity contribution in [2.45, 2.75) is 26.8 Å². The molecule has 112 valence electrons. The van der Waals surface area contributed by atoms with E-state index < -0.39 is 11.0 Å². The first-order valence-electron chi connectivity index (χ1n) is 6.58. The second-order valence-electron chi connectivity index (χ2n) is 5.08. The number of nitrogens with one attached hydrogen (secondary N) is 2. The van der Waals surface area contributed by atoms with Gasteiger partial charge in [-0.05, 0) is 25.0 Å². The SMILES string of the molecule is CC(C)CNC(=O)C(C)Nc1cccc(C#N)c1[N+](=O)[O-]. The number of hydrogen-bond acceptors (Lipinski definition) is 5. The maximum absolute atomic E-state index is 11.9. The van der Waals surface area contributed by atoms with Crippen LogP contribution in [0.2, 0.25) is 0 Å². The zero-order valence-corrected chi connectivity index (χ0v) is 12.2. The Labute approximate surface area is 123 Å². The summed E-state index contributed by atoms with van der Waals surface area (Å²) < 4.78 is 0. The molecule has 0 saturated heterocycles. The van der Waals surface area contributed by atoms with E-state index in [0.29, 0.717) is 12.5 Å². The van der Waals surface area contributed by atoms with E-state index in [0.717, 1.165) is 0 Å². The zero-order valence-electron chi connectivity index (χ0n) is 12.2. The quantitative estimate of drug-likeness (QED) is 0.615. The van der Waals surface area contributed by atoms with Gasteiger partial charge in [-0.2, -0.15) is 5.26 Å². The highest BCUT2D eigenvalue weighted by atomic mass is 16.6. The minimum Gasteiger partial charge on any atom is -0.368 e. The van der Waals surface area contributed by atoms with E-state index in [1.165, 1.54) is 18.2 Å². The molecular weight excluding hydrogens is 272 g/mol. The maximum Gasteiger partial charge on any atom is 0.309 e. The fourth-order valence-electron chi connectivity index (χ4n) is 1.70. The van der Waals surface area contributed by atoms with Gasteiger partial charge in [0.2, 0.25) is 5.91 Å². The van der Waals surface area contributed by atoms with E-state index in [1.54, 1.807) is 13.0 Å². The standard InChI is InChI=1S/C14H18N4O3/c1-9(2)8-16-14(19)10(3)17-12-6-4-5-11(7-15)13(12)18(20)21/h4-6,9-10,17H,8H2,1-3H3,(H,16,19). The minimum atomic E-state index is -0.642. The van der Waals surface area contributed by atoms with Crippen LogP contribution in [0.1, 0.15) is 26.3 Å². The van der Waals surface area contributed by atoms with Crippen LogP contribution in [0.4, 0.5) is 11.4 Å². The number of rotatable bonds is 6. The van der Waals surface area contributed by atoms with Gasteiger partial charge in [0.25, 0.3) is 0 Å². The molecule has 1 atom stereocenters. The van der Waals surface area contributed by atoms with E-state index in [1.807, 2.05) is 13.8 Å². The van der Waals surface area contributed by atoms with Crippen molar-refractivity contribution in [1.82, 2.24) is 5.32 Å². The lowest BCUT2D eigenvalue weighted by molar-refractivity contribution is -0.384. The largest absolute Gasteiger partial charge is 0.368 e. The van der Waals surface area contributed by atoms with Crippen molar-refractivity contribution in [3.8, 4) is 6.07 Å². The minimum absolute atomic E-state index is 0.0419. The number of carbonyl (C=O) groups is 1. The van der Waals surface area contributed by atoms with Crippen LogP contribution in [0.15, 0.2) is 18.2 Å². The van der Waals surface area contributed by atoms with Crippen LogP contribution in [0.3, 0.4) is 0 Å². The van der Waals surface area contributed by atoms with Crippen LogP contribution in [-0.4, -0.2) is 23.4 Å². The molecule has 7 heteroatoms. The molecule has 1 amide bonds. The highest BCUT2D eigenvalue weighted by molar-refractivity contribution is 5.85. The summed E-state index contributed by atoms with van der Waals surface area (Å²) in [5.41, 5.74) is -0.199. The fourth-order valence-corrected chi connectivity index (χ4v) is 1.70. The first-order valence-corrected chi connectivity index (χ1v) is 6.58. The third-order valence-electron chi connectivity index (χ3n) is 2.79. The summed E-state index contributed by atoms with van der Waals surface area (Å²) in [4.78, 5) is 22.3. The summed E-state index contributed by atoms with van der Waals surface area (Å²) in [6, 6.07) is 5.52. The second kappa shape index (κ2) is 7.24. The van der Waals surface area contributed by atoms with Crippen molar-refractivity contribution in [1.29, 1.82) is 5.26 Å². The number of para-hydroxylation sites is 1. The Balaban J connectivity index is 2.90. The summed E-state index contributed by atoms with van der Waals surface area (Å²) >= 11 is 0. The Morgan fingerprint density at radius 2 is 2.10 bits per heavy atom. The lowest BCUT2D eigenvalue weighted by atomic mass is 10.1. The monoisotopic (exact) mass is 290 g/mol. The summed E-state index contributed by atoms with van der Waals surface area (Å²) in [6.45, 7) is 6.09. The second-order valence-corrected chi connectivity index (χ2v) is 5.08. The Bertz CT molecular complexity index is 578. The van der Waals surface area contributed by atoms with Gasteiger partial charge in [-0.3, -0.25) is 14.9 Å². The number of hydrogen-bond donors (Lipinski definition) is 2. The van der Waals surface area contributed by atoms with Crippen LogP contribution >= 0.6 is 0 Å². The van der Waals surface area contributed by atoms with Gasteiger partial charge in [0.05, 0.1) is 4.92 Å². The molecule has 1 aromatic carbocycles. The molecular formula is C14H18N4O3. The molecule has 7 nitrogen and oxygen atoms in total. The molecule has 1 unspecified atom stereocenters. The van der Waals surface area contributed by atoms with E-state index in [4.69, 9.17) is 5.26 Å². The van der Waals surface area contributed by atoms with E-state index >= 15 is 0 Å². The van der Waals surface area contributed by atoms with Crippen molar-refractivity contribution in [2.24, 2.45) is 5.92 Å². The number of carbonyl (C=O) groups excluding carboxylic acids is 1. The van der Waals surface area contributed by atoms with Crippen LogP contribution in [0, 0.1) is 27.4 Å². The molecule has 0 heterocycles. The van der Waals surface area contributed by atoms with Crippen molar-refractivity contribution in [3.63, 3.8) is 0 Å². The van der Waals surface area contributed by atoms with Gasteiger partial charge in [0.15, 0.2) is 0 Å². The normalized spacial score (nSPS) is 11.6. The summed E-state index contributed by atoms with van der Waals surface area (Å²) in [5.74, 6) is 0.0674. The molecule has 0 fully saturated rings. The topological polar surface area (TPSA) is 108 Å². The van der Waals surface area contributed by atoms with Crippen molar-refractivity contribution in [3.05, 3.63) is 33.9 Å². The molecule has 0 aliphatic rings. The number of anilines is 1. The van der Waals surface area contributed by atoms with Gasteiger partial charge < -0.3 is 10.6 Å². The Morgan fingerprint density at radius 3 is 2.62 bits per heavy atom. The molecule has 0 aliphatic heterocycles. The Kier molecular flexibility index (Phi) is 5.67. The third-order valence-corrected chi connectivity index (χ3v) is 2.79. The molecule has 1 aromatic rings. The smallest absolute Gasteiger partial charge is 0.309 e. The van der Waals surface area contributed by atoms with Gasteiger partial charge in [-0.15, -0.1) is 0 Å². The first kappa shape index (κ1) is 16.4. The van der Waals surface area contributed by atoms with Gasteiger partial charge in [-0.25, -0.2) is 0 Å². The van der Waals surface area contributed by atoms with Crippen molar-refractivity contribution < 1.29 is 9.72 Å². The van der Waals surface area contributed by atoms with Gasteiger partial charge in [-0.1, -0.05) is 19.9 Å². The molecule has 0 aromatic heterocycles. The number of nitriles is 1. The molecule has 0 bridgehead atoms. The van der Waals surface area contributed by atoms with Crippen LogP contribution in [0.5, 0.6) is 0 Å². The van der Waals surface area contributed by atoms with Gasteiger partial charge in [0.1, 0.15) is 23.4 Å².